The zero-order chi connectivity index (χ0) is 8.48. The molecule has 2 atom stereocenters. The van der Waals surface area contributed by atoms with E-state index in [1.165, 1.54) is 7.11 Å². The summed E-state index contributed by atoms with van der Waals surface area (Å²) in [7, 11) is -2.98. The summed E-state index contributed by atoms with van der Waals surface area (Å²) in [5.74, 6) is 0. The molecule has 0 heterocycles. The molecule has 0 unspecified atom stereocenters. The van der Waals surface area contributed by atoms with E-state index in [0.717, 1.165) is 6.42 Å². The molecule has 0 saturated heterocycles. The highest BCUT2D eigenvalue weighted by atomic mass is 32.3. The van der Waals surface area contributed by atoms with Gasteiger partial charge in [-0.1, -0.05) is 0 Å². The predicted octanol–water partition coefficient (Wildman–Crippen LogP) is 0.853. The standard InChI is InChI=1S/C6H11FO3S/c1-10-5-3-2-4-6(5)11(7,8)9/h5-6H,2-4H2,1H3/t5-,6+/m1/s1. The van der Waals surface area contributed by atoms with Gasteiger partial charge in [0, 0.05) is 7.11 Å². The number of methoxy groups -OCH3 is 1. The first kappa shape index (κ1) is 8.93. The van der Waals surface area contributed by atoms with Crippen LogP contribution in [0.25, 0.3) is 0 Å². The molecule has 1 fully saturated rings. The molecule has 0 aromatic carbocycles. The van der Waals surface area contributed by atoms with Gasteiger partial charge in [0.25, 0.3) is 0 Å². The van der Waals surface area contributed by atoms with E-state index in [1.807, 2.05) is 0 Å². The van der Waals surface area contributed by atoms with Crippen LogP contribution in [0.2, 0.25) is 0 Å². The number of hydrogen-bond acceptors (Lipinski definition) is 3. The molecule has 1 aliphatic rings. The second-order valence-corrected chi connectivity index (χ2v) is 4.28. The Morgan fingerprint density at radius 2 is 2.09 bits per heavy atom. The van der Waals surface area contributed by atoms with Gasteiger partial charge in [-0.25, -0.2) is 0 Å². The summed E-state index contributed by atoms with van der Waals surface area (Å²) in [5, 5.41) is -0.924. The van der Waals surface area contributed by atoms with Crippen LogP contribution in [0, 0.1) is 0 Å². The van der Waals surface area contributed by atoms with Gasteiger partial charge in [0.15, 0.2) is 0 Å². The summed E-state index contributed by atoms with van der Waals surface area (Å²) in [6, 6.07) is 0. The molecule has 0 aliphatic heterocycles. The maximum Gasteiger partial charge on any atom is 0.307 e. The van der Waals surface area contributed by atoms with Crippen molar-refractivity contribution in [3.05, 3.63) is 0 Å². The van der Waals surface area contributed by atoms with E-state index in [2.05, 4.69) is 0 Å². The lowest BCUT2D eigenvalue weighted by atomic mass is 10.3. The van der Waals surface area contributed by atoms with Crippen LogP contribution < -0.4 is 0 Å². The van der Waals surface area contributed by atoms with E-state index in [9.17, 15) is 12.3 Å². The monoisotopic (exact) mass is 182 g/mol. The third-order valence-corrected chi connectivity index (χ3v) is 3.32. The zero-order valence-corrected chi connectivity index (χ0v) is 7.10. The number of halogens is 1. The van der Waals surface area contributed by atoms with Gasteiger partial charge in [0.1, 0.15) is 5.25 Å². The first-order valence-electron chi connectivity index (χ1n) is 3.52. The minimum Gasteiger partial charge on any atom is -0.380 e. The number of rotatable bonds is 2. The molecule has 0 spiro atoms. The van der Waals surface area contributed by atoms with Crippen molar-refractivity contribution in [2.45, 2.75) is 30.6 Å². The molecule has 1 aliphatic carbocycles. The molecule has 11 heavy (non-hydrogen) atoms. The fourth-order valence-corrected chi connectivity index (χ4v) is 2.54. The summed E-state index contributed by atoms with van der Waals surface area (Å²) in [4.78, 5) is 0. The molecule has 66 valence electrons. The third-order valence-electron chi connectivity index (χ3n) is 2.06. The highest BCUT2D eigenvalue weighted by molar-refractivity contribution is 7.87. The van der Waals surface area contributed by atoms with Crippen molar-refractivity contribution in [2.75, 3.05) is 7.11 Å². The van der Waals surface area contributed by atoms with Crippen LogP contribution in [0.1, 0.15) is 19.3 Å². The summed E-state index contributed by atoms with van der Waals surface area (Å²) in [6.45, 7) is 0. The van der Waals surface area contributed by atoms with Crippen LogP contribution in [0.4, 0.5) is 3.89 Å². The molecule has 0 amide bonds. The first-order chi connectivity index (χ1) is 5.05. The Bertz CT molecular complexity index is 224. The van der Waals surface area contributed by atoms with Crippen LogP contribution >= 0.6 is 0 Å². The zero-order valence-electron chi connectivity index (χ0n) is 6.29. The van der Waals surface area contributed by atoms with Gasteiger partial charge in [-0.2, -0.15) is 8.42 Å². The van der Waals surface area contributed by atoms with Gasteiger partial charge in [0.05, 0.1) is 6.10 Å². The smallest absolute Gasteiger partial charge is 0.307 e. The molecule has 5 heteroatoms. The van der Waals surface area contributed by atoms with Crippen molar-refractivity contribution >= 4 is 10.2 Å². The predicted molar refractivity (Wildman–Crippen MR) is 38.5 cm³/mol. The Labute approximate surface area is 65.8 Å². The lowest BCUT2D eigenvalue weighted by molar-refractivity contribution is 0.110. The van der Waals surface area contributed by atoms with Crippen molar-refractivity contribution in [3.8, 4) is 0 Å². The highest BCUT2D eigenvalue weighted by Gasteiger charge is 2.37. The average Bonchev–Trinajstić information content (AvgIpc) is 2.31. The minimum absolute atomic E-state index is 0.386. The highest BCUT2D eigenvalue weighted by Crippen LogP contribution is 2.28. The van der Waals surface area contributed by atoms with Gasteiger partial charge >= 0.3 is 10.2 Å². The second kappa shape index (κ2) is 3.06. The van der Waals surface area contributed by atoms with Crippen molar-refractivity contribution in [3.63, 3.8) is 0 Å². The van der Waals surface area contributed by atoms with Crippen LogP contribution in [-0.4, -0.2) is 26.9 Å². The fraction of sp³-hybridized carbons (Fsp3) is 1.00. The Morgan fingerprint density at radius 1 is 1.45 bits per heavy atom. The molecule has 0 radical (unpaired) electrons. The fourth-order valence-electron chi connectivity index (χ4n) is 1.48. The van der Waals surface area contributed by atoms with E-state index in [-0.39, 0.29) is 0 Å². The maximum atomic E-state index is 12.4. The van der Waals surface area contributed by atoms with Gasteiger partial charge in [-0.3, -0.25) is 0 Å². The Kier molecular flexibility index (Phi) is 2.49. The Morgan fingerprint density at radius 3 is 2.45 bits per heavy atom. The largest absolute Gasteiger partial charge is 0.380 e. The first-order valence-corrected chi connectivity index (χ1v) is 4.96. The van der Waals surface area contributed by atoms with Crippen molar-refractivity contribution in [1.29, 1.82) is 0 Å². The van der Waals surface area contributed by atoms with Crippen LogP contribution in [0.3, 0.4) is 0 Å². The summed E-state index contributed by atoms with van der Waals surface area (Å²) < 4.78 is 38.2. The summed E-state index contributed by atoms with van der Waals surface area (Å²) in [6.07, 6.45) is 1.32. The molecule has 1 rings (SSSR count). The molecule has 0 aromatic rings. The van der Waals surface area contributed by atoms with E-state index in [1.54, 1.807) is 0 Å². The quantitative estimate of drug-likeness (QED) is 0.595. The lowest BCUT2D eigenvalue weighted by Gasteiger charge is -2.12. The van der Waals surface area contributed by atoms with Gasteiger partial charge in [-0.05, 0) is 19.3 Å². The Balaban J connectivity index is 2.72. The van der Waals surface area contributed by atoms with Crippen LogP contribution in [-0.2, 0) is 15.0 Å². The molecular weight excluding hydrogens is 171 g/mol. The maximum absolute atomic E-state index is 12.4. The van der Waals surface area contributed by atoms with Crippen molar-refractivity contribution in [1.82, 2.24) is 0 Å². The molecular formula is C6H11FO3S. The van der Waals surface area contributed by atoms with Gasteiger partial charge in [0.2, 0.25) is 0 Å². The van der Waals surface area contributed by atoms with Gasteiger partial charge in [-0.15, -0.1) is 3.89 Å². The van der Waals surface area contributed by atoms with E-state index in [0.29, 0.717) is 12.8 Å². The molecule has 1 saturated carbocycles. The molecule has 0 bridgehead atoms. The SMILES string of the molecule is CO[C@@H]1CCC[C@@H]1S(=O)(=O)F. The normalized spacial score (nSPS) is 32.5. The topological polar surface area (TPSA) is 43.4 Å². The summed E-state index contributed by atoms with van der Waals surface area (Å²) >= 11 is 0. The Hall–Kier alpha value is -0.160. The molecule has 0 aromatic heterocycles. The minimum atomic E-state index is -4.39. The molecule has 0 N–H and O–H groups in total. The number of ether oxygens (including phenoxy) is 1. The summed E-state index contributed by atoms with van der Waals surface area (Å²) in [5.41, 5.74) is 0. The lowest BCUT2D eigenvalue weighted by Crippen LogP contribution is -2.27. The average molecular weight is 182 g/mol. The van der Waals surface area contributed by atoms with E-state index >= 15 is 0 Å². The van der Waals surface area contributed by atoms with Crippen molar-refractivity contribution < 1.29 is 17.0 Å². The van der Waals surface area contributed by atoms with Crippen LogP contribution in [0.5, 0.6) is 0 Å². The van der Waals surface area contributed by atoms with E-state index < -0.39 is 21.6 Å². The van der Waals surface area contributed by atoms with Gasteiger partial charge < -0.3 is 4.74 Å². The van der Waals surface area contributed by atoms with Crippen molar-refractivity contribution in [2.24, 2.45) is 0 Å². The molecule has 3 nitrogen and oxygen atoms in total. The van der Waals surface area contributed by atoms with Crippen LogP contribution in [0.15, 0.2) is 0 Å². The third kappa shape index (κ3) is 1.90. The number of hydrogen-bond donors (Lipinski definition) is 0. The second-order valence-electron chi connectivity index (χ2n) is 2.72. The van der Waals surface area contributed by atoms with E-state index in [4.69, 9.17) is 4.74 Å².